The van der Waals surface area contributed by atoms with Gasteiger partial charge in [-0.3, -0.25) is 0 Å². The molecule has 0 aromatic carbocycles. The maximum atomic E-state index is 12.4. The molecule has 0 aliphatic carbocycles. The molecule has 110 valence electrons. The van der Waals surface area contributed by atoms with E-state index in [0.717, 1.165) is 17.7 Å². The summed E-state index contributed by atoms with van der Waals surface area (Å²) in [5, 5.41) is 9.20. The summed E-state index contributed by atoms with van der Waals surface area (Å²) in [7, 11) is 1.68. The Bertz CT molecular complexity index is 506. The molecule has 1 N–H and O–H groups in total. The van der Waals surface area contributed by atoms with Crippen molar-refractivity contribution in [2.24, 2.45) is 0 Å². The first-order valence-electron chi connectivity index (χ1n) is 6.48. The van der Waals surface area contributed by atoms with E-state index in [1.165, 1.54) is 16.2 Å². The molecule has 1 fully saturated rings. The van der Waals surface area contributed by atoms with Gasteiger partial charge in [0.2, 0.25) is 0 Å². The standard InChI is InChI=1S/C13H17ClN2O3S/c1-15(8-9-5-6-11(14)20-9)13(19)16-7-3-2-4-10(16)12(17)18/h5-6,10H,2-4,7-8H2,1H3,(H,17,18). The van der Waals surface area contributed by atoms with Crippen LogP contribution in [0.25, 0.3) is 0 Å². The lowest BCUT2D eigenvalue weighted by Crippen LogP contribution is -2.52. The van der Waals surface area contributed by atoms with Crippen LogP contribution in [0.1, 0.15) is 24.1 Å². The zero-order chi connectivity index (χ0) is 14.7. The van der Waals surface area contributed by atoms with Gasteiger partial charge in [-0.15, -0.1) is 11.3 Å². The topological polar surface area (TPSA) is 60.9 Å². The number of amides is 2. The molecule has 0 bridgehead atoms. The number of hydrogen-bond acceptors (Lipinski definition) is 3. The predicted molar refractivity (Wildman–Crippen MR) is 78.2 cm³/mol. The number of carboxylic acids is 1. The summed E-state index contributed by atoms with van der Waals surface area (Å²) in [6.07, 6.45) is 2.24. The minimum absolute atomic E-state index is 0.235. The number of likely N-dealkylation sites (tertiary alicyclic amines) is 1. The van der Waals surface area contributed by atoms with Crippen molar-refractivity contribution in [1.82, 2.24) is 9.80 Å². The van der Waals surface area contributed by atoms with Crippen molar-refractivity contribution in [2.45, 2.75) is 31.8 Å². The summed E-state index contributed by atoms with van der Waals surface area (Å²) in [6, 6.07) is 2.73. The van der Waals surface area contributed by atoms with Crippen LogP contribution >= 0.6 is 22.9 Å². The van der Waals surface area contributed by atoms with E-state index in [1.807, 2.05) is 6.07 Å². The Balaban J connectivity index is 2.02. The van der Waals surface area contributed by atoms with E-state index in [0.29, 0.717) is 23.8 Å². The maximum absolute atomic E-state index is 12.4. The number of carbonyl (C=O) groups excluding carboxylic acids is 1. The summed E-state index contributed by atoms with van der Waals surface area (Å²) < 4.78 is 0.683. The molecule has 2 amide bonds. The highest BCUT2D eigenvalue weighted by atomic mass is 35.5. The Morgan fingerprint density at radius 3 is 2.85 bits per heavy atom. The lowest BCUT2D eigenvalue weighted by Gasteiger charge is -2.35. The molecule has 1 aromatic rings. The van der Waals surface area contributed by atoms with E-state index in [4.69, 9.17) is 11.6 Å². The second-order valence-corrected chi connectivity index (χ2v) is 6.69. The summed E-state index contributed by atoms with van der Waals surface area (Å²) in [5.74, 6) is -0.925. The van der Waals surface area contributed by atoms with Crippen molar-refractivity contribution >= 4 is 34.9 Å². The van der Waals surface area contributed by atoms with Crippen molar-refractivity contribution in [3.05, 3.63) is 21.3 Å². The van der Waals surface area contributed by atoms with Crippen LogP contribution in [0, 0.1) is 0 Å². The molecule has 2 heterocycles. The molecule has 5 nitrogen and oxygen atoms in total. The first-order chi connectivity index (χ1) is 9.49. The van der Waals surface area contributed by atoms with Crippen molar-refractivity contribution in [1.29, 1.82) is 0 Å². The van der Waals surface area contributed by atoms with E-state index >= 15 is 0 Å². The summed E-state index contributed by atoms with van der Waals surface area (Å²) >= 11 is 7.29. The Morgan fingerprint density at radius 1 is 1.50 bits per heavy atom. The third-order valence-electron chi connectivity index (χ3n) is 3.38. The SMILES string of the molecule is CN(Cc1ccc(Cl)s1)C(=O)N1CCCCC1C(=O)O. The first-order valence-corrected chi connectivity index (χ1v) is 7.67. The number of piperidine rings is 1. The minimum Gasteiger partial charge on any atom is -0.480 e. The number of urea groups is 1. The largest absolute Gasteiger partial charge is 0.480 e. The van der Waals surface area contributed by atoms with Gasteiger partial charge in [0.1, 0.15) is 6.04 Å². The number of aliphatic carboxylic acids is 1. The highest BCUT2D eigenvalue weighted by Gasteiger charge is 2.33. The van der Waals surface area contributed by atoms with Crippen LogP contribution in [0.3, 0.4) is 0 Å². The van der Waals surface area contributed by atoms with Crippen molar-refractivity contribution < 1.29 is 14.7 Å². The van der Waals surface area contributed by atoms with E-state index in [-0.39, 0.29) is 6.03 Å². The number of thiophene rings is 1. The molecule has 0 radical (unpaired) electrons. The first kappa shape index (κ1) is 15.1. The molecule has 0 saturated carbocycles. The molecule has 1 aliphatic rings. The zero-order valence-electron chi connectivity index (χ0n) is 11.2. The molecule has 20 heavy (non-hydrogen) atoms. The average molecular weight is 317 g/mol. The van der Waals surface area contributed by atoms with Gasteiger partial charge in [0.15, 0.2) is 0 Å². The molecule has 1 atom stereocenters. The van der Waals surface area contributed by atoms with Crippen LogP contribution < -0.4 is 0 Å². The van der Waals surface area contributed by atoms with Gasteiger partial charge in [0.05, 0.1) is 10.9 Å². The van der Waals surface area contributed by atoms with Gasteiger partial charge in [-0.2, -0.15) is 0 Å². The Morgan fingerprint density at radius 2 is 2.25 bits per heavy atom. The Hall–Kier alpha value is -1.27. The number of carbonyl (C=O) groups is 2. The molecule has 0 spiro atoms. The van der Waals surface area contributed by atoms with Crippen LogP contribution in [0.15, 0.2) is 12.1 Å². The Labute approximate surface area is 126 Å². The number of nitrogens with zero attached hydrogens (tertiary/aromatic N) is 2. The second-order valence-electron chi connectivity index (χ2n) is 4.89. The van der Waals surface area contributed by atoms with Crippen molar-refractivity contribution in [2.75, 3.05) is 13.6 Å². The van der Waals surface area contributed by atoms with Crippen LogP contribution in [-0.2, 0) is 11.3 Å². The fourth-order valence-corrected chi connectivity index (χ4v) is 3.52. The molecule has 2 rings (SSSR count). The molecule has 1 saturated heterocycles. The van der Waals surface area contributed by atoms with E-state index in [9.17, 15) is 14.7 Å². The number of rotatable bonds is 3. The fourth-order valence-electron chi connectivity index (χ4n) is 2.37. The molecule has 1 unspecified atom stereocenters. The van der Waals surface area contributed by atoms with Gasteiger partial charge < -0.3 is 14.9 Å². The third-order valence-corrected chi connectivity index (χ3v) is 4.60. The lowest BCUT2D eigenvalue weighted by molar-refractivity contribution is -0.143. The summed E-state index contributed by atoms with van der Waals surface area (Å²) in [5.41, 5.74) is 0. The number of carboxylic acid groups (broad SMARTS) is 1. The van der Waals surface area contributed by atoms with E-state index in [1.54, 1.807) is 18.0 Å². The zero-order valence-corrected chi connectivity index (χ0v) is 12.8. The average Bonchev–Trinajstić information content (AvgIpc) is 2.83. The quantitative estimate of drug-likeness (QED) is 0.932. The van der Waals surface area contributed by atoms with E-state index in [2.05, 4.69) is 0 Å². The van der Waals surface area contributed by atoms with Gasteiger partial charge in [-0.05, 0) is 31.4 Å². The van der Waals surface area contributed by atoms with Gasteiger partial charge >= 0.3 is 12.0 Å². The normalized spacial score (nSPS) is 18.9. The molecule has 1 aromatic heterocycles. The monoisotopic (exact) mass is 316 g/mol. The Kier molecular flexibility index (Phi) is 4.88. The fraction of sp³-hybridized carbons (Fsp3) is 0.538. The van der Waals surface area contributed by atoms with Crippen LogP contribution in [0.4, 0.5) is 4.79 Å². The lowest BCUT2D eigenvalue weighted by atomic mass is 10.0. The highest BCUT2D eigenvalue weighted by molar-refractivity contribution is 7.16. The smallest absolute Gasteiger partial charge is 0.326 e. The summed E-state index contributed by atoms with van der Waals surface area (Å²) in [6.45, 7) is 0.949. The van der Waals surface area contributed by atoms with Crippen LogP contribution in [-0.4, -0.2) is 46.5 Å². The number of halogens is 1. The maximum Gasteiger partial charge on any atom is 0.326 e. The number of hydrogen-bond donors (Lipinski definition) is 1. The van der Waals surface area contributed by atoms with Gasteiger partial charge in [-0.1, -0.05) is 11.6 Å². The third kappa shape index (κ3) is 3.43. The molecule has 1 aliphatic heterocycles. The minimum atomic E-state index is -0.925. The molecule has 7 heteroatoms. The van der Waals surface area contributed by atoms with Crippen molar-refractivity contribution in [3.63, 3.8) is 0 Å². The van der Waals surface area contributed by atoms with Gasteiger partial charge in [0, 0.05) is 18.5 Å². The predicted octanol–water partition coefficient (Wildman–Crippen LogP) is 2.89. The van der Waals surface area contributed by atoms with Gasteiger partial charge in [-0.25, -0.2) is 9.59 Å². The second kappa shape index (κ2) is 6.45. The van der Waals surface area contributed by atoms with Gasteiger partial charge in [0.25, 0.3) is 0 Å². The summed E-state index contributed by atoms with van der Waals surface area (Å²) in [4.78, 5) is 27.6. The molecular weight excluding hydrogens is 300 g/mol. The highest BCUT2D eigenvalue weighted by Crippen LogP contribution is 2.24. The van der Waals surface area contributed by atoms with Crippen LogP contribution in [0.5, 0.6) is 0 Å². The van der Waals surface area contributed by atoms with Crippen molar-refractivity contribution in [3.8, 4) is 0 Å². The molecular formula is C13H17ClN2O3S. The van der Waals surface area contributed by atoms with Crippen LogP contribution in [0.2, 0.25) is 4.34 Å². The van der Waals surface area contributed by atoms with E-state index < -0.39 is 12.0 Å².